The smallest absolute Gasteiger partial charge is 0.330 e. The fraction of sp³-hybridized carbons (Fsp3) is 0.786. The second-order valence-corrected chi connectivity index (χ2v) is 6.02. The number of hydrogen-bond donors (Lipinski definition) is 0. The summed E-state index contributed by atoms with van der Waals surface area (Å²) in [6, 6.07) is 0. The number of hydrogen-bond acceptors (Lipinski definition) is 2. The van der Waals surface area contributed by atoms with E-state index in [0.29, 0.717) is 5.92 Å². The minimum Gasteiger partial charge on any atom is -0.456 e. The van der Waals surface area contributed by atoms with Gasteiger partial charge >= 0.3 is 5.97 Å². The Labute approximate surface area is 99.1 Å². The highest BCUT2D eigenvalue weighted by Crippen LogP contribution is 2.47. The number of carbonyl (C=O) groups excluding carboxylic acids is 1. The van der Waals surface area contributed by atoms with Gasteiger partial charge in [-0.05, 0) is 37.0 Å². The summed E-state index contributed by atoms with van der Waals surface area (Å²) in [4.78, 5) is 11.4. The Balaban J connectivity index is 2.85. The predicted molar refractivity (Wildman–Crippen MR) is 66.1 cm³/mol. The first-order valence-corrected chi connectivity index (χ1v) is 6.18. The van der Waals surface area contributed by atoms with E-state index in [1.165, 1.54) is 12.5 Å². The van der Waals surface area contributed by atoms with E-state index in [-0.39, 0.29) is 17.0 Å². The Morgan fingerprint density at radius 3 is 2.56 bits per heavy atom. The molecule has 1 aliphatic carbocycles. The fourth-order valence-corrected chi connectivity index (χ4v) is 3.34. The molecule has 1 fully saturated rings. The predicted octanol–water partition coefficient (Wildman–Crippen LogP) is 3.71. The van der Waals surface area contributed by atoms with Crippen LogP contribution in [0.25, 0.3) is 0 Å². The lowest BCUT2D eigenvalue weighted by Gasteiger charge is -2.46. The molecule has 1 saturated carbocycles. The van der Waals surface area contributed by atoms with Gasteiger partial charge in [0.05, 0.1) is 0 Å². The van der Waals surface area contributed by atoms with Crippen LogP contribution in [-0.2, 0) is 9.53 Å². The van der Waals surface area contributed by atoms with Gasteiger partial charge in [0.1, 0.15) is 5.60 Å². The normalized spacial score (nSPS) is 33.1. The molecule has 2 nitrogen and oxygen atoms in total. The third-order valence-corrected chi connectivity index (χ3v) is 3.55. The molecule has 1 rings (SSSR count). The average molecular weight is 224 g/mol. The third kappa shape index (κ3) is 3.10. The maximum atomic E-state index is 11.4. The monoisotopic (exact) mass is 224 g/mol. The standard InChI is InChI=1S/C14H24O2/c1-6-12(15)16-14(7-2)9-11(3)8-13(4,5)10-14/h6,11H,1,7-10H2,2-5H3. The lowest BCUT2D eigenvalue weighted by Crippen LogP contribution is -2.44. The van der Waals surface area contributed by atoms with Crippen LogP contribution >= 0.6 is 0 Å². The molecule has 0 amide bonds. The molecule has 2 unspecified atom stereocenters. The number of ether oxygens (including phenoxy) is 1. The van der Waals surface area contributed by atoms with Gasteiger partial charge in [0.25, 0.3) is 0 Å². The zero-order valence-electron chi connectivity index (χ0n) is 11.0. The summed E-state index contributed by atoms with van der Waals surface area (Å²) in [6.07, 6.45) is 5.30. The molecule has 0 radical (unpaired) electrons. The highest BCUT2D eigenvalue weighted by Gasteiger charge is 2.44. The molecular weight excluding hydrogens is 200 g/mol. The Kier molecular flexibility index (Phi) is 3.82. The number of rotatable bonds is 3. The summed E-state index contributed by atoms with van der Waals surface area (Å²) in [5, 5.41) is 0. The SMILES string of the molecule is C=CC(=O)OC1(CC)CC(C)CC(C)(C)C1. The molecule has 0 aromatic carbocycles. The van der Waals surface area contributed by atoms with E-state index in [1.54, 1.807) is 0 Å². The van der Waals surface area contributed by atoms with Crippen molar-refractivity contribution in [3.05, 3.63) is 12.7 Å². The minimum atomic E-state index is -0.285. The van der Waals surface area contributed by atoms with Crippen LogP contribution in [0.4, 0.5) is 0 Å². The molecular formula is C14H24O2. The quantitative estimate of drug-likeness (QED) is 0.539. The number of carbonyl (C=O) groups is 1. The van der Waals surface area contributed by atoms with Crippen molar-refractivity contribution < 1.29 is 9.53 Å². The van der Waals surface area contributed by atoms with Gasteiger partial charge < -0.3 is 4.74 Å². The lowest BCUT2D eigenvalue weighted by molar-refractivity contribution is -0.164. The maximum Gasteiger partial charge on any atom is 0.330 e. The van der Waals surface area contributed by atoms with Crippen molar-refractivity contribution >= 4 is 5.97 Å². The molecule has 0 heterocycles. The summed E-state index contributed by atoms with van der Waals surface area (Å²) in [5.41, 5.74) is -0.0123. The molecule has 0 saturated heterocycles. The van der Waals surface area contributed by atoms with Crippen LogP contribution in [0.1, 0.15) is 53.4 Å². The summed E-state index contributed by atoms with van der Waals surface area (Å²) >= 11 is 0. The minimum absolute atomic E-state index is 0.259. The third-order valence-electron chi connectivity index (χ3n) is 3.55. The van der Waals surface area contributed by atoms with Crippen molar-refractivity contribution in [3.63, 3.8) is 0 Å². The fourth-order valence-electron chi connectivity index (χ4n) is 3.34. The van der Waals surface area contributed by atoms with Crippen LogP contribution in [0, 0.1) is 11.3 Å². The summed E-state index contributed by atoms with van der Waals surface area (Å²) in [7, 11) is 0. The highest BCUT2D eigenvalue weighted by atomic mass is 16.6. The first-order valence-electron chi connectivity index (χ1n) is 6.18. The molecule has 2 atom stereocenters. The Hall–Kier alpha value is -0.790. The molecule has 0 spiro atoms. The summed E-state index contributed by atoms with van der Waals surface area (Å²) < 4.78 is 5.63. The lowest BCUT2D eigenvalue weighted by atomic mass is 9.65. The highest BCUT2D eigenvalue weighted by molar-refractivity contribution is 5.81. The largest absolute Gasteiger partial charge is 0.456 e. The van der Waals surface area contributed by atoms with E-state index < -0.39 is 0 Å². The Bertz CT molecular complexity index is 280. The molecule has 0 aromatic rings. The van der Waals surface area contributed by atoms with Crippen molar-refractivity contribution in [2.75, 3.05) is 0 Å². The van der Waals surface area contributed by atoms with Gasteiger partial charge in [-0.1, -0.05) is 34.3 Å². The van der Waals surface area contributed by atoms with Crippen LogP contribution in [0.2, 0.25) is 0 Å². The molecule has 0 N–H and O–H groups in total. The van der Waals surface area contributed by atoms with Crippen LogP contribution in [0.5, 0.6) is 0 Å². The molecule has 16 heavy (non-hydrogen) atoms. The second kappa shape index (κ2) is 4.60. The van der Waals surface area contributed by atoms with Crippen molar-refractivity contribution in [1.29, 1.82) is 0 Å². The van der Waals surface area contributed by atoms with Crippen molar-refractivity contribution in [1.82, 2.24) is 0 Å². The van der Waals surface area contributed by atoms with Gasteiger partial charge in [-0.15, -0.1) is 0 Å². The Morgan fingerprint density at radius 1 is 1.50 bits per heavy atom. The van der Waals surface area contributed by atoms with E-state index in [9.17, 15) is 4.79 Å². The van der Waals surface area contributed by atoms with Gasteiger partial charge in [0.2, 0.25) is 0 Å². The summed E-state index contributed by atoms with van der Waals surface area (Å²) in [6.45, 7) is 12.3. The van der Waals surface area contributed by atoms with Crippen LogP contribution in [-0.4, -0.2) is 11.6 Å². The van der Waals surface area contributed by atoms with E-state index >= 15 is 0 Å². The molecule has 0 aliphatic heterocycles. The van der Waals surface area contributed by atoms with Crippen molar-refractivity contribution in [2.45, 2.75) is 59.0 Å². The summed E-state index contributed by atoms with van der Waals surface area (Å²) in [5.74, 6) is 0.327. The van der Waals surface area contributed by atoms with Gasteiger partial charge in [0.15, 0.2) is 0 Å². The average Bonchev–Trinajstić information content (AvgIpc) is 2.14. The van der Waals surface area contributed by atoms with E-state index in [4.69, 9.17) is 4.74 Å². The van der Waals surface area contributed by atoms with Gasteiger partial charge in [-0.25, -0.2) is 4.79 Å². The van der Waals surface area contributed by atoms with E-state index in [0.717, 1.165) is 19.3 Å². The topological polar surface area (TPSA) is 26.3 Å². The Morgan fingerprint density at radius 2 is 2.12 bits per heavy atom. The zero-order valence-corrected chi connectivity index (χ0v) is 11.0. The first kappa shape index (κ1) is 13.3. The van der Waals surface area contributed by atoms with Crippen molar-refractivity contribution in [3.8, 4) is 0 Å². The molecule has 0 aromatic heterocycles. The van der Waals surface area contributed by atoms with Crippen LogP contribution < -0.4 is 0 Å². The van der Waals surface area contributed by atoms with Crippen LogP contribution in [0.3, 0.4) is 0 Å². The molecule has 2 heteroatoms. The van der Waals surface area contributed by atoms with Crippen molar-refractivity contribution in [2.24, 2.45) is 11.3 Å². The van der Waals surface area contributed by atoms with E-state index in [2.05, 4.69) is 34.3 Å². The van der Waals surface area contributed by atoms with Gasteiger partial charge in [-0.3, -0.25) is 0 Å². The van der Waals surface area contributed by atoms with Gasteiger partial charge in [0, 0.05) is 6.08 Å². The van der Waals surface area contributed by atoms with Crippen LogP contribution in [0.15, 0.2) is 12.7 Å². The zero-order chi connectivity index (χ0) is 12.4. The number of esters is 1. The molecule has 1 aliphatic rings. The van der Waals surface area contributed by atoms with Gasteiger partial charge in [-0.2, -0.15) is 0 Å². The first-order chi connectivity index (χ1) is 7.32. The molecule has 0 bridgehead atoms. The second-order valence-electron chi connectivity index (χ2n) is 6.02. The molecule has 92 valence electrons. The van der Waals surface area contributed by atoms with E-state index in [1.807, 2.05) is 0 Å². The maximum absolute atomic E-state index is 11.4.